The summed E-state index contributed by atoms with van der Waals surface area (Å²) in [5.41, 5.74) is 0.613. The van der Waals surface area contributed by atoms with Crippen molar-refractivity contribution in [3.8, 4) is 0 Å². The van der Waals surface area contributed by atoms with Crippen molar-refractivity contribution in [2.24, 2.45) is 28.6 Å². The van der Waals surface area contributed by atoms with E-state index in [0.717, 1.165) is 24.8 Å². The van der Waals surface area contributed by atoms with Gasteiger partial charge in [0.2, 0.25) is 0 Å². The van der Waals surface area contributed by atoms with Crippen LogP contribution in [0.15, 0.2) is 35.5 Å². The van der Waals surface area contributed by atoms with Gasteiger partial charge in [0.05, 0.1) is 0 Å². The number of Topliss-reactive ketones (excluding diaryl/α,β-unsaturated/α-hetero) is 1. The molecule has 0 saturated heterocycles. The molecule has 0 heterocycles. The fourth-order valence-electron chi connectivity index (χ4n) is 6.37. The number of carbonyl (C=O) groups excluding carboxylic acids is 2. The van der Waals surface area contributed by atoms with Crippen molar-refractivity contribution in [1.82, 2.24) is 0 Å². The fourth-order valence-corrected chi connectivity index (χ4v) is 6.37. The molecule has 0 aliphatic heterocycles. The summed E-state index contributed by atoms with van der Waals surface area (Å²) in [7, 11) is 0. The van der Waals surface area contributed by atoms with E-state index in [1.807, 2.05) is 0 Å². The summed E-state index contributed by atoms with van der Waals surface area (Å²) in [6.45, 7) is 8.20. The van der Waals surface area contributed by atoms with Gasteiger partial charge in [0.25, 0.3) is 0 Å². The first-order chi connectivity index (χ1) is 11.6. The van der Waals surface area contributed by atoms with Crippen LogP contribution in [0, 0.1) is 28.6 Å². The van der Waals surface area contributed by atoms with Gasteiger partial charge >= 0.3 is 0 Å². The van der Waals surface area contributed by atoms with E-state index < -0.39 is 5.60 Å². The first kappa shape index (κ1) is 17.0. The van der Waals surface area contributed by atoms with Crippen LogP contribution in [-0.4, -0.2) is 22.3 Å². The van der Waals surface area contributed by atoms with Crippen LogP contribution in [0.4, 0.5) is 0 Å². The highest BCUT2D eigenvalue weighted by atomic mass is 16.3. The highest BCUT2D eigenvalue weighted by molar-refractivity contribution is 6.02. The number of allylic oxidation sites excluding steroid dienone is 6. The molecule has 2 saturated carbocycles. The zero-order chi connectivity index (χ0) is 18.2. The largest absolute Gasteiger partial charge is 0.382 e. The van der Waals surface area contributed by atoms with Crippen LogP contribution in [0.3, 0.4) is 0 Å². The van der Waals surface area contributed by atoms with Crippen LogP contribution >= 0.6 is 0 Å². The lowest BCUT2D eigenvalue weighted by atomic mass is 9.43. The van der Waals surface area contributed by atoms with E-state index in [9.17, 15) is 14.7 Å². The van der Waals surface area contributed by atoms with Gasteiger partial charge in [-0.25, -0.2) is 0 Å². The van der Waals surface area contributed by atoms with E-state index in [2.05, 4.69) is 32.9 Å². The van der Waals surface area contributed by atoms with E-state index >= 15 is 0 Å². The SMILES string of the molecule is CC1=CC2C(CCC3(C)C2CCC(=O)C3(C)O)C2(C)C=CC(=O)C=C12. The van der Waals surface area contributed by atoms with Gasteiger partial charge in [0.1, 0.15) is 5.60 Å². The third kappa shape index (κ3) is 2.02. The molecule has 0 amide bonds. The standard InChI is InChI=1S/C22H28O3/c1-13-11-15-16(20(2)9-7-14(23)12-18(13)20)8-10-21(3)17(15)5-6-19(24)22(21,4)25/h7,9,11-12,15-17,25H,5-6,8,10H2,1-4H3. The van der Waals surface area contributed by atoms with Crippen LogP contribution in [0.25, 0.3) is 0 Å². The van der Waals surface area contributed by atoms with Gasteiger partial charge in [-0.3, -0.25) is 9.59 Å². The predicted molar refractivity (Wildman–Crippen MR) is 96.8 cm³/mol. The molecule has 4 rings (SSSR count). The Bertz CT molecular complexity index is 753. The number of rotatable bonds is 0. The van der Waals surface area contributed by atoms with Crippen molar-refractivity contribution >= 4 is 11.6 Å². The lowest BCUT2D eigenvalue weighted by molar-refractivity contribution is -0.180. The Hall–Kier alpha value is -1.48. The molecular formula is C22H28O3. The predicted octanol–water partition coefficient (Wildman–Crippen LogP) is 3.78. The number of fused-ring (bicyclic) bond motifs is 5. The fraction of sp³-hybridized carbons (Fsp3) is 0.636. The molecule has 6 unspecified atom stereocenters. The maximum absolute atomic E-state index is 12.4. The summed E-state index contributed by atoms with van der Waals surface area (Å²) < 4.78 is 0. The molecular weight excluding hydrogens is 312 g/mol. The van der Waals surface area contributed by atoms with Crippen molar-refractivity contribution in [1.29, 1.82) is 0 Å². The minimum Gasteiger partial charge on any atom is -0.382 e. The third-order valence-corrected chi connectivity index (χ3v) is 8.16. The summed E-state index contributed by atoms with van der Waals surface area (Å²) in [4.78, 5) is 24.3. The van der Waals surface area contributed by atoms with Crippen LogP contribution < -0.4 is 0 Å². The number of hydrogen-bond acceptors (Lipinski definition) is 3. The monoisotopic (exact) mass is 340 g/mol. The number of carbonyl (C=O) groups is 2. The maximum Gasteiger partial charge on any atom is 0.178 e. The van der Waals surface area contributed by atoms with Gasteiger partial charge in [-0.15, -0.1) is 0 Å². The van der Waals surface area contributed by atoms with Crippen LogP contribution in [0.2, 0.25) is 0 Å². The third-order valence-electron chi connectivity index (χ3n) is 8.16. The Morgan fingerprint density at radius 3 is 2.56 bits per heavy atom. The van der Waals surface area contributed by atoms with Gasteiger partial charge in [0.15, 0.2) is 11.6 Å². The molecule has 6 atom stereocenters. The summed E-state index contributed by atoms with van der Waals surface area (Å²) in [5.74, 6) is 1.15. The molecule has 3 heteroatoms. The molecule has 4 aliphatic rings. The van der Waals surface area contributed by atoms with Crippen LogP contribution in [0.1, 0.15) is 53.4 Å². The summed E-state index contributed by atoms with van der Waals surface area (Å²) in [6, 6.07) is 0. The Morgan fingerprint density at radius 2 is 1.84 bits per heavy atom. The molecule has 0 aromatic heterocycles. The molecule has 0 aromatic carbocycles. The van der Waals surface area contributed by atoms with Gasteiger partial charge in [-0.1, -0.05) is 31.6 Å². The molecule has 1 N–H and O–H groups in total. The zero-order valence-electron chi connectivity index (χ0n) is 15.6. The topological polar surface area (TPSA) is 54.4 Å². The van der Waals surface area contributed by atoms with Crippen molar-refractivity contribution in [2.75, 3.05) is 0 Å². The summed E-state index contributed by atoms with van der Waals surface area (Å²) >= 11 is 0. The van der Waals surface area contributed by atoms with E-state index in [-0.39, 0.29) is 22.4 Å². The molecule has 2 fully saturated rings. The summed E-state index contributed by atoms with van der Waals surface area (Å²) in [5, 5.41) is 11.0. The Kier molecular flexibility index (Phi) is 3.41. The van der Waals surface area contributed by atoms with Crippen molar-refractivity contribution in [3.63, 3.8) is 0 Å². The number of aliphatic hydroxyl groups is 1. The van der Waals surface area contributed by atoms with E-state index in [1.165, 1.54) is 5.57 Å². The molecule has 4 aliphatic carbocycles. The minimum atomic E-state index is -1.24. The Balaban J connectivity index is 1.82. The average Bonchev–Trinajstić information content (AvgIpc) is 2.54. The second kappa shape index (κ2) is 5.03. The highest BCUT2D eigenvalue weighted by Crippen LogP contribution is 2.64. The molecule has 0 spiro atoms. The van der Waals surface area contributed by atoms with E-state index in [1.54, 1.807) is 19.1 Å². The lowest BCUT2D eigenvalue weighted by Gasteiger charge is -2.61. The minimum absolute atomic E-state index is 0.00355. The first-order valence-corrected chi connectivity index (χ1v) is 9.51. The Labute approximate surface area is 149 Å². The van der Waals surface area contributed by atoms with Gasteiger partial charge < -0.3 is 5.11 Å². The maximum atomic E-state index is 12.4. The first-order valence-electron chi connectivity index (χ1n) is 9.51. The molecule has 25 heavy (non-hydrogen) atoms. The van der Waals surface area contributed by atoms with E-state index in [0.29, 0.717) is 24.2 Å². The van der Waals surface area contributed by atoms with Crippen molar-refractivity contribution < 1.29 is 14.7 Å². The second-order valence-corrected chi connectivity index (χ2v) is 9.21. The van der Waals surface area contributed by atoms with Gasteiger partial charge in [-0.2, -0.15) is 0 Å². The second-order valence-electron chi connectivity index (χ2n) is 9.21. The molecule has 3 nitrogen and oxygen atoms in total. The van der Waals surface area contributed by atoms with Crippen molar-refractivity contribution in [2.45, 2.75) is 59.0 Å². The van der Waals surface area contributed by atoms with Gasteiger partial charge in [-0.05, 0) is 68.6 Å². The van der Waals surface area contributed by atoms with Crippen molar-refractivity contribution in [3.05, 3.63) is 35.5 Å². The summed E-state index contributed by atoms with van der Waals surface area (Å²) in [6.07, 6.45) is 11.1. The Morgan fingerprint density at radius 1 is 1.12 bits per heavy atom. The lowest BCUT2D eigenvalue weighted by Crippen LogP contribution is -2.62. The average molecular weight is 340 g/mol. The normalized spacial score (nSPS) is 48.9. The molecule has 134 valence electrons. The van der Waals surface area contributed by atoms with E-state index in [4.69, 9.17) is 0 Å². The van der Waals surface area contributed by atoms with Crippen LogP contribution in [0.5, 0.6) is 0 Å². The molecule has 0 aromatic rings. The quantitative estimate of drug-likeness (QED) is 0.730. The smallest absolute Gasteiger partial charge is 0.178 e. The molecule has 0 bridgehead atoms. The van der Waals surface area contributed by atoms with Crippen LogP contribution in [-0.2, 0) is 9.59 Å². The highest BCUT2D eigenvalue weighted by Gasteiger charge is 2.62. The number of hydrogen-bond donors (Lipinski definition) is 1. The molecule has 0 radical (unpaired) electrons. The van der Waals surface area contributed by atoms with Gasteiger partial charge in [0, 0.05) is 17.3 Å². The number of ketones is 2. The zero-order valence-corrected chi connectivity index (χ0v) is 15.6.